The number of carbonyl (C=O) groups excluding carboxylic acids is 1. The van der Waals surface area contributed by atoms with Crippen LogP contribution in [0, 0.1) is 5.92 Å². The van der Waals surface area contributed by atoms with E-state index in [0.717, 1.165) is 60.1 Å². The highest BCUT2D eigenvalue weighted by atomic mass is 16.6. The Balaban J connectivity index is 1.19. The normalized spacial score (nSPS) is 28.5. The quantitative estimate of drug-likeness (QED) is 0.401. The highest BCUT2D eigenvalue weighted by Crippen LogP contribution is 2.44. The number of aliphatic hydroxyl groups excluding tert-OH is 1. The number of aromatic nitrogens is 3. The molecule has 6 rings (SSSR count). The Kier molecular flexibility index (Phi) is 6.73. The van der Waals surface area contributed by atoms with Gasteiger partial charge in [-0.1, -0.05) is 12.1 Å². The molecule has 3 aliphatic rings. The molecule has 2 aliphatic heterocycles. The molecule has 2 saturated heterocycles. The number of ether oxygens (including phenoxy) is 2. The maximum Gasteiger partial charge on any atom is 0.237 e. The van der Waals surface area contributed by atoms with Crippen molar-refractivity contribution in [3.8, 4) is 16.9 Å². The Bertz CT molecular complexity index is 1370. The fourth-order valence-corrected chi connectivity index (χ4v) is 6.56. The van der Waals surface area contributed by atoms with Crippen molar-refractivity contribution in [3.63, 3.8) is 0 Å². The molecule has 1 aromatic carbocycles. The third-order valence-corrected chi connectivity index (χ3v) is 8.63. The highest BCUT2D eigenvalue weighted by molar-refractivity contribution is 6.00. The number of primary amides is 1. The first-order chi connectivity index (χ1) is 18.7. The number of carbonyl (C=O) groups is 1. The van der Waals surface area contributed by atoms with Gasteiger partial charge in [-0.3, -0.25) is 9.69 Å². The lowest BCUT2D eigenvalue weighted by molar-refractivity contribution is -0.125. The molecule has 3 atom stereocenters. The molecule has 1 amide bonds. The molecule has 10 heteroatoms. The average Bonchev–Trinajstić information content (AvgIpc) is 3.55. The predicted molar refractivity (Wildman–Crippen MR) is 148 cm³/mol. The minimum atomic E-state index is -0.675. The van der Waals surface area contributed by atoms with Gasteiger partial charge in [-0.15, -0.1) is 0 Å². The second-order valence-corrected chi connectivity index (χ2v) is 12.0. The van der Waals surface area contributed by atoms with Crippen LogP contribution in [0.3, 0.4) is 0 Å². The number of amides is 1. The number of nitrogen functional groups attached to an aromatic ring is 1. The molecule has 2 aromatic heterocycles. The van der Waals surface area contributed by atoms with Gasteiger partial charge in [-0.05, 0) is 69.6 Å². The summed E-state index contributed by atoms with van der Waals surface area (Å²) in [6, 6.07) is 7.73. The van der Waals surface area contributed by atoms with Crippen LogP contribution < -0.4 is 16.2 Å². The summed E-state index contributed by atoms with van der Waals surface area (Å²) in [4.78, 5) is 22.8. The number of hydrogen-bond acceptors (Lipinski definition) is 8. The van der Waals surface area contributed by atoms with E-state index < -0.39 is 18.1 Å². The van der Waals surface area contributed by atoms with Gasteiger partial charge in [-0.2, -0.15) is 0 Å². The second kappa shape index (κ2) is 10.1. The molecule has 5 N–H and O–H groups in total. The van der Waals surface area contributed by atoms with Crippen LogP contribution in [0.15, 0.2) is 36.8 Å². The van der Waals surface area contributed by atoms with Crippen molar-refractivity contribution in [2.75, 3.05) is 25.4 Å². The monoisotopic (exact) mass is 534 g/mol. The van der Waals surface area contributed by atoms with Crippen molar-refractivity contribution in [3.05, 3.63) is 36.8 Å². The third-order valence-electron chi connectivity index (χ3n) is 8.63. The number of fused-ring (bicyclic) bond motifs is 1. The first kappa shape index (κ1) is 26.0. The molecule has 4 heterocycles. The number of rotatable bonds is 8. The molecule has 0 radical (unpaired) electrons. The Labute approximate surface area is 228 Å². The van der Waals surface area contributed by atoms with Gasteiger partial charge in [0.05, 0.1) is 23.2 Å². The molecule has 10 nitrogen and oxygen atoms in total. The maximum atomic E-state index is 11.8. The number of likely N-dealkylation sites (tertiary alicyclic amines) is 1. The molecule has 0 bridgehead atoms. The maximum absolute atomic E-state index is 11.8. The summed E-state index contributed by atoms with van der Waals surface area (Å²) in [5.74, 6) is 1.21. The van der Waals surface area contributed by atoms with E-state index >= 15 is 0 Å². The van der Waals surface area contributed by atoms with Crippen molar-refractivity contribution in [1.82, 2.24) is 19.4 Å². The van der Waals surface area contributed by atoms with Gasteiger partial charge in [0.15, 0.2) is 0 Å². The first-order valence-electron chi connectivity index (χ1n) is 13.9. The van der Waals surface area contributed by atoms with Crippen LogP contribution in [0.4, 0.5) is 5.82 Å². The standard InChI is InChI=1S/C29H38N6O4/c1-29(2)8-6-21(39-29)15-38-20-5-3-4-18(12-20)22-14-35(28-24(22)26(30)32-16-33-28)19-10-17(11-19)13-34-9-7-23(36)25(34)27(31)37/h3-5,12,14,16-17,19,21,23,25,36H,6-11,13,15H2,1-2H3,(H2,31,37)(H2,30,32,33)/t17-,19-,21?,23-,25+/m1/s1. The number of hydrogen-bond donors (Lipinski definition) is 3. The number of nitrogens with two attached hydrogens (primary N) is 2. The number of nitrogens with zero attached hydrogens (tertiary/aromatic N) is 4. The lowest BCUT2D eigenvalue weighted by atomic mass is 9.79. The zero-order chi connectivity index (χ0) is 27.3. The molecular weight excluding hydrogens is 496 g/mol. The number of aliphatic hydroxyl groups is 1. The zero-order valence-electron chi connectivity index (χ0n) is 22.6. The van der Waals surface area contributed by atoms with Crippen LogP contribution in [0.25, 0.3) is 22.2 Å². The second-order valence-electron chi connectivity index (χ2n) is 12.0. The smallest absolute Gasteiger partial charge is 0.237 e. The van der Waals surface area contributed by atoms with Crippen molar-refractivity contribution in [2.45, 2.75) is 75.8 Å². The summed E-state index contributed by atoms with van der Waals surface area (Å²) < 4.78 is 14.4. The van der Waals surface area contributed by atoms with Crippen LogP contribution in [0.1, 0.15) is 52.0 Å². The minimum absolute atomic E-state index is 0.0882. The zero-order valence-corrected chi connectivity index (χ0v) is 22.6. The van der Waals surface area contributed by atoms with E-state index in [1.807, 2.05) is 23.1 Å². The largest absolute Gasteiger partial charge is 0.491 e. The van der Waals surface area contributed by atoms with E-state index in [-0.39, 0.29) is 17.7 Å². The van der Waals surface area contributed by atoms with Gasteiger partial charge in [0.2, 0.25) is 5.91 Å². The van der Waals surface area contributed by atoms with Crippen LogP contribution in [0.2, 0.25) is 0 Å². The summed E-state index contributed by atoms with van der Waals surface area (Å²) in [7, 11) is 0. The lowest BCUT2D eigenvalue weighted by Crippen LogP contribution is -2.48. The highest BCUT2D eigenvalue weighted by Gasteiger charge is 2.41. The molecule has 208 valence electrons. The summed E-state index contributed by atoms with van der Waals surface area (Å²) in [5, 5.41) is 11.0. The molecule has 1 unspecified atom stereocenters. The predicted octanol–water partition coefficient (Wildman–Crippen LogP) is 2.89. The van der Waals surface area contributed by atoms with Crippen molar-refractivity contribution >= 4 is 22.8 Å². The fraction of sp³-hybridized carbons (Fsp3) is 0.552. The number of benzene rings is 1. The minimum Gasteiger partial charge on any atom is -0.491 e. The topological polar surface area (TPSA) is 142 Å². The van der Waals surface area contributed by atoms with E-state index in [9.17, 15) is 9.90 Å². The SMILES string of the molecule is CC1(C)CCC(COc2cccc(-c3cn([C@H]4C[C@H](CN5CC[C@@H](O)[C@H]5C(N)=O)C4)c4ncnc(N)c34)c2)O1. The Morgan fingerprint density at radius 1 is 1.26 bits per heavy atom. The Hall–Kier alpha value is -3.21. The van der Waals surface area contributed by atoms with Gasteiger partial charge in [-0.25, -0.2) is 9.97 Å². The molecule has 0 spiro atoms. The average molecular weight is 535 g/mol. The van der Waals surface area contributed by atoms with E-state index in [1.54, 1.807) is 0 Å². The van der Waals surface area contributed by atoms with Crippen molar-refractivity contribution in [1.29, 1.82) is 0 Å². The van der Waals surface area contributed by atoms with Gasteiger partial charge in [0.1, 0.15) is 36.2 Å². The third kappa shape index (κ3) is 5.08. The van der Waals surface area contributed by atoms with Crippen LogP contribution in [0.5, 0.6) is 5.75 Å². The van der Waals surface area contributed by atoms with Crippen LogP contribution >= 0.6 is 0 Å². The molecular formula is C29H38N6O4. The van der Waals surface area contributed by atoms with E-state index in [0.29, 0.717) is 31.3 Å². The Morgan fingerprint density at radius 2 is 2.08 bits per heavy atom. The fourth-order valence-electron chi connectivity index (χ4n) is 6.56. The molecule has 3 aromatic rings. The van der Waals surface area contributed by atoms with Crippen LogP contribution in [-0.2, 0) is 9.53 Å². The van der Waals surface area contributed by atoms with Gasteiger partial charge in [0.25, 0.3) is 0 Å². The summed E-state index contributed by atoms with van der Waals surface area (Å²) in [6.07, 6.45) is 7.59. The lowest BCUT2D eigenvalue weighted by Gasteiger charge is -2.39. The van der Waals surface area contributed by atoms with Crippen molar-refractivity contribution < 1.29 is 19.4 Å². The van der Waals surface area contributed by atoms with Gasteiger partial charge >= 0.3 is 0 Å². The summed E-state index contributed by atoms with van der Waals surface area (Å²) in [6.45, 7) is 6.21. The van der Waals surface area contributed by atoms with E-state index in [2.05, 4.69) is 40.6 Å². The summed E-state index contributed by atoms with van der Waals surface area (Å²) >= 11 is 0. The van der Waals surface area contributed by atoms with E-state index in [4.69, 9.17) is 20.9 Å². The van der Waals surface area contributed by atoms with Crippen molar-refractivity contribution in [2.24, 2.45) is 11.7 Å². The molecule has 3 fully saturated rings. The van der Waals surface area contributed by atoms with E-state index in [1.165, 1.54) is 6.33 Å². The van der Waals surface area contributed by atoms with Gasteiger partial charge in [0, 0.05) is 30.9 Å². The summed E-state index contributed by atoms with van der Waals surface area (Å²) in [5.41, 5.74) is 14.6. The number of anilines is 1. The van der Waals surface area contributed by atoms with Crippen LogP contribution in [-0.4, -0.2) is 74.0 Å². The first-order valence-corrected chi connectivity index (χ1v) is 13.9. The molecule has 1 aliphatic carbocycles. The Morgan fingerprint density at radius 3 is 2.82 bits per heavy atom. The van der Waals surface area contributed by atoms with Gasteiger partial charge < -0.3 is 30.6 Å². The molecule has 39 heavy (non-hydrogen) atoms. The molecule has 1 saturated carbocycles.